The number of fused-ring (bicyclic) bond motifs is 1. The highest BCUT2D eigenvalue weighted by molar-refractivity contribution is 5.96. The van der Waals surface area contributed by atoms with E-state index in [1.165, 1.54) is 18.2 Å². The van der Waals surface area contributed by atoms with Crippen LogP contribution in [0.1, 0.15) is 22.3 Å². The van der Waals surface area contributed by atoms with Crippen LogP contribution in [0.2, 0.25) is 0 Å². The number of carbonyl (C=O) groups excluding carboxylic acids is 1. The van der Waals surface area contributed by atoms with Crippen LogP contribution >= 0.6 is 0 Å². The smallest absolute Gasteiger partial charge is 0.349 e. The van der Waals surface area contributed by atoms with E-state index in [0.29, 0.717) is 24.8 Å². The average molecular weight is 339 g/mol. The van der Waals surface area contributed by atoms with E-state index in [1.54, 1.807) is 18.2 Å². The fourth-order valence-corrected chi connectivity index (χ4v) is 2.56. The fraction of sp³-hybridized carbons (Fsp3) is 0.158. The second-order valence-corrected chi connectivity index (χ2v) is 5.66. The van der Waals surface area contributed by atoms with Crippen LogP contribution in [0, 0.1) is 0 Å². The Labute approximate surface area is 143 Å². The van der Waals surface area contributed by atoms with Crippen LogP contribution in [0.25, 0.3) is 11.0 Å². The van der Waals surface area contributed by atoms with Crippen molar-refractivity contribution in [2.75, 3.05) is 6.54 Å². The number of amides is 1. The first-order valence-electron chi connectivity index (χ1n) is 7.86. The number of aromatic hydroxyl groups is 2. The zero-order valence-corrected chi connectivity index (χ0v) is 13.4. The van der Waals surface area contributed by atoms with Crippen molar-refractivity contribution in [1.29, 1.82) is 0 Å². The maximum absolute atomic E-state index is 12.2. The Hall–Kier alpha value is -3.28. The van der Waals surface area contributed by atoms with E-state index in [9.17, 15) is 19.8 Å². The Morgan fingerprint density at radius 1 is 1.08 bits per heavy atom. The van der Waals surface area contributed by atoms with E-state index in [4.69, 9.17) is 4.42 Å². The molecule has 6 heteroatoms. The van der Waals surface area contributed by atoms with Crippen molar-refractivity contribution in [3.8, 4) is 11.5 Å². The molecule has 0 bridgehead atoms. The molecule has 0 aliphatic rings. The molecule has 1 heterocycles. The monoisotopic (exact) mass is 339 g/mol. The SMILES string of the molecule is O=C(NCCCc1ccccc1O)c1cc2ccc(O)cc2oc1=O. The van der Waals surface area contributed by atoms with Crippen LogP contribution in [-0.4, -0.2) is 22.7 Å². The van der Waals surface area contributed by atoms with Crippen molar-refractivity contribution in [2.24, 2.45) is 0 Å². The first-order chi connectivity index (χ1) is 12.0. The highest BCUT2D eigenvalue weighted by Gasteiger charge is 2.13. The van der Waals surface area contributed by atoms with Gasteiger partial charge in [0.25, 0.3) is 5.91 Å². The van der Waals surface area contributed by atoms with Crippen molar-refractivity contribution < 1.29 is 19.4 Å². The van der Waals surface area contributed by atoms with Gasteiger partial charge in [-0.05, 0) is 42.7 Å². The average Bonchev–Trinajstić information content (AvgIpc) is 2.59. The third kappa shape index (κ3) is 3.80. The van der Waals surface area contributed by atoms with Crippen LogP contribution in [0.3, 0.4) is 0 Å². The van der Waals surface area contributed by atoms with E-state index in [-0.39, 0.29) is 22.6 Å². The van der Waals surface area contributed by atoms with Gasteiger partial charge in [-0.1, -0.05) is 18.2 Å². The highest BCUT2D eigenvalue weighted by atomic mass is 16.4. The van der Waals surface area contributed by atoms with Crippen molar-refractivity contribution in [1.82, 2.24) is 5.32 Å². The standard InChI is InChI=1S/C19H17NO5/c21-14-8-7-13-10-15(19(24)25-17(13)11-14)18(23)20-9-3-5-12-4-1-2-6-16(12)22/h1-2,4,6-8,10-11,21-22H,3,5,9H2,(H,20,23). The molecule has 0 radical (unpaired) electrons. The second-order valence-electron chi connectivity index (χ2n) is 5.66. The maximum atomic E-state index is 12.2. The number of aryl methyl sites for hydroxylation is 1. The van der Waals surface area contributed by atoms with Gasteiger partial charge in [-0.25, -0.2) is 4.79 Å². The van der Waals surface area contributed by atoms with Gasteiger partial charge in [-0.2, -0.15) is 0 Å². The summed E-state index contributed by atoms with van der Waals surface area (Å²) in [4.78, 5) is 24.1. The molecule has 0 atom stereocenters. The summed E-state index contributed by atoms with van der Waals surface area (Å²) in [5.74, 6) is -0.301. The third-order valence-corrected chi connectivity index (χ3v) is 3.86. The molecule has 0 aliphatic carbocycles. The minimum absolute atomic E-state index is 0.0167. The van der Waals surface area contributed by atoms with Gasteiger partial charge in [0.1, 0.15) is 22.6 Å². The van der Waals surface area contributed by atoms with Crippen molar-refractivity contribution in [3.05, 3.63) is 70.1 Å². The summed E-state index contributed by atoms with van der Waals surface area (Å²) < 4.78 is 5.08. The zero-order chi connectivity index (χ0) is 17.8. The van der Waals surface area contributed by atoms with Crippen molar-refractivity contribution in [3.63, 3.8) is 0 Å². The van der Waals surface area contributed by atoms with Gasteiger partial charge in [-0.3, -0.25) is 4.79 Å². The first kappa shape index (κ1) is 16.6. The van der Waals surface area contributed by atoms with Crippen LogP contribution in [0.15, 0.2) is 57.7 Å². The molecule has 6 nitrogen and oxygen atoms in total. The Kier molecular flexibility index (Phi) is 4.70. The third-order valence-electron chi connectivity index (χ3n) is 3.86. The summed E-state index contributed by atoms with van der Waals surface area (Å²) in [5, 5.41) is 22.3. The number of hydrogen-bond donors (Lipinski definition) is 3. The molecule has 0 saturated heterocycles. The minimum atomic E-state index is -0.753. The largest absolute Gasteiger partial charge is 0.508 e. The Bertz CT molecular complexity index is 977. The number of phenols is 2. The molecule has 3 N–H and O–H groups in total. The number of benzene rings is 2. The van der Waals surface area contributed by atoms with Gasteiger partial charge in [0.05, 0.1) is 0 Å². The molecular weight excluding hydrogens is 322 g/mol. The summed E-state index contributed by atoms with van der Waals surface area (Å²) in [6.07, 6.45) is 1.23. The molecule has 0 saturated carbocycles. The molecule has 3 rings (SSSR count). The molecule has 0 unspecified atom stereocenters. The Balaban J connectivity index is 1.64. The van der Waals surface area contributed by atoms with Crippen molar-refractivity contribution >= 4 is 16.9 Å². The van der Waals surface area contributed by atoms with Gasteiger partial charge < -0.3 is 19.9 Å². The Morgan fingerprint density at radius 3 is 2.68 bits per heavy atom. The predicted molar refractivity (Wildman–Crippen MR) is 92.9 cm³/mol. The molecule has 128 valence electrons. The summed E-state index contributed by atoms with van der Waals surface area (Å²) in [7, 11) is 0. The summed E-state index contributed by atoms with van der Waals surface area (Å²) in [6, 6.07) is 12.8. The van der Waals surface area contributed by atoms with Gasteiger partial charge >= 0.3 is 5.63 Å². The lowest BCUT2D eigenvalue weighted by atomic mass is 10.1. The number of carbonyl (C=O) groups is 1. The molecule has 0 aliphatic heterocycles. The second kappa shape index (κ2) is 7.09. The molecule has 1 amide bonds. The molecule has 0 spiro atoms. The Morgan fingerprint density at radius 2 is 1.88 bits per heavy atom. The summed E-state index contributed by atoms with van der Waals surface area (Å²) in [5.41, 5.74) is 0.194. The number of para-hydroxylation sites is 1. The van der Waals surface area contributed by atoms with Crippen LogP contribution in [-0.2, 0) is 6.42 Å². The van der Waals surface area contributed by atoms with Crippen LogP contribution < -0.4 is 10.9 Å². The molecule has 25 heavy (non-hydrogen) atoms. The topological polar surface area (TPSA) is 99.8 Å². The van der Waals surface area contributed by atoms with Gasteiger partial charge in [0.15, 0.2) is 0 Å². The van der Waals surface area contributed by atoms with E-state index in [1.807, 2.05) is 12.1 Å². The number of nitrogens with one attached hydrogen (secondary N) is 1. The van der Waals surface area contributed by atoms with E-state index < -0.39 is 11.5 Å². The van der Waals surface area contributed by atoms with Gasteiger partial charge in [0.2, 0.25) is 0 Å². The minimum Gasteiger partial charge on any atom is -0.508 e. The number of rotatable bonds is 5. The van der Waals surface area contributed by atoms with Gasteiger partial charge in [0, 0.05) is 18.0 Å². The molecular formula is C19H17NO5. The number of phenolic OH excluding ortho intramolecular Hbond substituents is 2. The molecule has 2 aromatic carbocycles. The van der Waals surface area contributed by atoms with Crippen LogP contribution in [0.4, 0.5) is 0 Å². The van der Waals surface area contributed by atoms with Crippen molar-refractivity contribution in [2.45, 2.75) is 12.8 Å². The highest BCUT2D eigenvalue weighted by Crippen LogP contribution is 2.19. The molecule has 1 aromatic heterocycles. The molecule has 3 aromatic rings. The van der Waals surface area contributed by atoms with E-state index in [2.05, 4.69) is 5.32 Å². The van der Waals surface area contributed by atoms with E-state index in [0.717, 1.165) is 5.56 Å². The van der Waals surface area contributed by atoms with Gasteiger partial charge in [-0.15, -0.1) is 0 Å². The van der Waals surface area contributed by atoms with Crippen LogP contribution in [0.5, 0.6) is 11.5 Å². The number of hydrogen-bond acceptors (Lipinski definition) is 5. The predicted octanol–water partition coefficient (Wildman–Crippen LogP) is 2.57. The maximum Gasteiger partial charge on any atom is 0.349 e. The normalized spacial score (nSPS) is 10.7. The zero-order valence-electron chi connectivity index (χ0n) is 13.4. The summed E-state index contributed by atoms with van der Waals surface area (Å²) in [6.45, 7) is 0.361. The summed E-state index contributed by atoms with van der Waals surface area (Å²) >= 11 is 0. The first-order valence-corrected chi connectivity index (χ1v) is 7.86. The molecule has 0 fully saturated rings. The van der Waals surface area contributed by atoms with E-state index >= 15 is 0 Å². The lowest BCUT2D eigenvalue weighted by Crippen LogP contribution is -2.29. The fourth-order valence-electron chi connectivity index (χ4n) is 2.56. The lowest BCUT2D eigenvalue weighted by molar-refractivity contribution is 0.0949. The lowest BCUT2D eigenvalue weighted by Gasteiger charge is -2.06. The quantitative estimate of drug-likeness (QED) is 0.490.